The van der Waals surface area contributed by atoms with Crippen molar-refractivity contribution in [3.8, 4) is 11.4 Å². The van der Waals surface area contributed by atoms with Gasteiger partial charge in [0.25, 0.3) is 5.91 Å². The molecule has 6 nitrogen and oxygen atoms in total. The number of nitrogens with one attached hydrogen (secondary N) is 1. The van der Waals surface area contributed by atoms with Crippen molar-refractivity contribution in [2.45, 2.75) is 30.9 Å². The van der Waals surface area contributed by atoms with Crippen LogP contribution in [0.25, 0.3) is 11.4 Å². The molecule has 2 heterocycles. The average molecular weight is 364 g/mol. The molecule has 9 heteroatoms. The maximum absolute atomic E-state index is 12.5. The highest BCUT2D eigenvalue weighted by atomic mass is 16.5. The fraction of sp³-hybridized carbons (Fsp3) is 0.263. The molecule has 1 N–H and O–H groups in total. The predicted molar refractivity (Wildman–Crippen MR) is 106 cm³/mol. The van der Waals surface area contributed by atoms with Crippen molar-refractivity contribution in [2.24, 2.45) is 0 Å². The molecule has 3 aromatic rings. The van der Waals surface area contributed by atoms with Crippen LogP contribution in [-0.2, 0) is 11.5 Å². The van der Waals surface area contributed by atoms with Crippen LogP contribution in [0.3, 0.4) is 0 Å². The van der Waals surface area contributed by atoms with Crippen LogP contribution in [0, 0.1) is 6.92 Å². The maximum Gasteiger partial charge on any atom is 0.251 e. The first-order valence-electron chi connectivity index (χ1n) is 8.89. The van der Waals surface area contributed by atoms with Crippen molar-refractivity contribution in [3.05, 3.63) is 64.8 Å². The minimum atomic E-state index is -1.68. The fourth-order valence-corrected chi connectivity index (χ4v) is 3.35. The van der Waals surface area contributed by atoms with E-state index in [2.05, 4.69) is 20.4 Å². The zero-order valence-electron chi connectivity index (χ0n) is 15.3. The van der Waals surface area contributed by atoms with E-state index in [1.165, 1.54) is 0 Å². The van der Waals surface area contributed by atoms with Crippen LogP contribution < -0.4 is 5.32 Å². The van der Waals surface area contributed by atoms with Crippen LogP contribution in [0.4, 0.5) is 0 Å². The SMILES string of the molecule is [B]C([B])([B])c1nc(-c2ccc3c(c2)CC[C@H]3NC(=O)c2ccnc(C)c2)no1. The van der Waals surface area contributed by atoms with Crippen molar-refractivity contribution >= 4 is 29.4 Å². The summed E-state index contributed by atoms with van der Waals surface area (Å²) in [5.74, 6) is 0.212. The highest BCUT2D eigenvalue weighted by Crippen LogP contribution is 2.34. The van der Waals surface area contributed by atoms with Gasteiger partial charge in [-0.05, 0) is 49.1 Å². The molecular formula is C19H15B3N4O2. The minimum absolute atomic E-state index is 0.0409. The van der Waals surface area contributed by atoms with Gasteiger partial charge >= 0.3 is 0 Å². The second-order valence-electron chi connectivity index (χ2n) is 7.02. The molecule has 132 valence electrons. The molecule has 6 radical (unpaired) electrons. The lowest BCUT2D eigenvalue weighted by molar-refractivity contribution is 0.0936. The Labute approximate surface area is 166 Å². The number of rotatable bonds is 4. The molecule has 2 aromatic heterocycles. The molecular weight excluding hydrogens is 349 g/mol. The normalized spacial score (nSPS) is 16.0. The van der Waals surface area contributed by atoms with Crippen LogP contribution in [0.2, 0.25) is 0 Å². The molecule has 1 amide bonds. The van der Waals surface area contributed by atoms with E-state index in [0.717, 1.165) is 35.2 Å². The van der Waals surface area contributed by atoms with Crippen molar-refractivity contribution in [2.75, 3.05) is 0 Å². The third kappa shape index (κ3) is 3.61. The van der Waals surface area contributed by atoms with E-state index in [1.54, 1.807) is 18.3 Å². The lowest BCUT2D eigenvalue weighted by Crippen LogP contribution is -2.27. The van der Waals surface area contributed by atoms with Gasteiger partial charge < -0.3 is 9.84 Å². The molecule has 1 aliphatic rings. The molecule has 0 saturated heterocycles. The monoisotopic (exact) mass is 364 g/mol. The number of hydrogen-bond acceptors (Lipinski definition) is 5. The van der Waals surface area contributed by atoms with E-state index >= 15 is 0 Å². The van der Waals surface area contributed by atoms with E-state index < -0.39 is 5.11 Å². The van der Waals surface area contributed by atoms with Gasteiger partial charge in [0.2, 0.25) is 11.7 Å². The van der Waals surface area contributed by atoms with Gasteiger partial charge in [-0.3, -0.25) is 9.78 Å². The van der Waals surface area contributed by atoms with Crippen molar-refractivity contribution in [1.82, 2.24) is 20.4 Å². The summed E-state index contributed by atoms with van der Waals surface area (Å²) in [5.41, 5.74) is 4.39. The van der Waals surface area contributed by atoms with E-state index in [0.29, 0.717) is 11.4 Å². The number of carbonyl (C=O) groups excluding carboxylic acids is 1. The lowest BCUT2D eigenvalue weighted by atomic mass is 9.42. The molecule has 1 aliphatic carbocycles. The Morgan fingerprint density at radius 3 is 2.79 bits per heavy atom. The number of fused-ring (bicyclic) bond motifs is 1. The number of aromatic nitrogens is 3. The molecule has 0 aliphatic heterocycles. The molecule has 1 aromatic carbocycles. The van der Waals surface area contributed by atoms with Crippen molar-refractivity contribution in [3.63, 3.8) is 0 Å². The number of pyridine rings is 1. The summed E-state index contributed by atoms with van der Waals surface area (Å²) >= 11 is 0. The van der Waals surface area contributed by atoms with Crippen LogP contribution in [0.15, 0.2) is 41.1 Å². The Hall–Kier alpha value is -2.83. The first-order chi connectivity index (χ1) is 13.3. The van der Waals surface area contributed by atoms with Gasteiger partial charge in [-0.1, -0.05) is 22.4 Å². The van der Waals surface area contributed by atoms with E-state index in [1.807, 2.05) is 25.1 Å². The van der Waals surface area contributed by atoms with Gasteiger partial charge in [-0.15, -0.1) is 0 Å². The Morgan fingerprint density at radius 1 is 1.25 bits per heavy atom. The maximum atomic E-state index is 12.5. The molecule has 0 unspecified atom stereocenters. The number of carbonyl (C=O) groups is 1. The average Bonchev–Trinajstić information content (AvgIpc) is 3.29. The molecule has 28 heavy (non-hydrogen) atoms. The third-order valence-electron chi connectivity index (χ3n) is 4.74. The molecule has 0 bridgehead atoms. The highest BCUT2D eigenvalue weighted by molar-refractivity contribution is 6.58. The van der Waals surface area contributed by atoms with E-state index in [4.69, 9.17) is 28.1 Å². The largest absolute Gasteiger partial charge is 0.345 e. The van der Waals surface area contributed by atoms with Gasteiger partial charge in [0.05, 0.1) is 29.6 Å². The number of benzene rings is 1. The zero-order chi connectivity index (χ0) is 19.9. The summed E-state index contributed by atoms with van der Waals surface area (Å²) in [6.45, 7) is 1.86. The molecule has 0 saturated carbocycles. The number of amides is 1. The van der Waals surface area contributed by atoms with Crippen molar-refractivity contribution < 1.29 is 9.32 Å². The summed E-state index contributed by atoms with van der Waals surface area (Å²) in [4.78, 5) is 20.8. The number of aryl methyl sites for hydroxylation is 2. The first-order valence-corrected chi connectivity index (χ1v) is 8.89. The summed E-state index contributed by atoms with van der Waals surface area (Å²) in [6.07, 6.45) is 3.30. The van der Waals surface area contributed by atoms with Crippen LogP contribution in [0.1, 0.15) is 45.5 Å². The standard InChI is InChI=1S/C19H15B3N4O2/c1-10-8-13(6-7-23-10)17(27)24-15-5-3-11-9-12(2-4-14(11)15)16-25-18(28-26-16)19(20,21)22/h2,4,6-9,15H,3,5H2,1H3,(H,24,27)/t15-/m1/s1. The summed E-state index contributed by atoms with van der Waals surface area (Å²) in [6, 6.07) is 9.26. The van der Waals surface area contributed by atoms with Crippen molar-refractivity contribution in [1.29, 1.82) is 0 Å². The topological polar surface area (TPSA) is 80.9 Å². The summed E-state index contributed by atoms with van der Waals surface area (Å²) in [7, 11) is 16.7. The Balaban J connectivity index is 1.54. The van der Waals surface area contributed by atoms with E-state index in [9.17, 15) is 4.79 Å². The van der Waals surface area contributed by atoms with Crippen LogP contribution >= 0.6 is 0 Å². The highest BCUT2D eigenvalue weighted by Gasteiger charge is 2.26. The Morgan fingerprint density at radius 2 is 2.07 bits per heavy atom. The number of hydrogen-bond donors (Lipinski definition) is 1. The Bertz CT molecular complexity index is 1050. The molecule has 0 spiro atoms. The predicted octanol–water partition coefficient (Wildman–Crippen LogP) is 1.47. The Kier molecular flexibility index (Phi) is 4.61. The fourth-order valence-electron chi connectivity index (χ4n) is 3.35. The molecule has 0 fully saturated rings. The second kappa shape index (κ2) is 6.97. The summed E-state index contributed by atoms with van der Waals surface area (Å²) in [5, 5.41) is 5.31. The van der Waals surface area contributed by atoms with Gasteiger partial charge in [-0.25, -0.2) is 0 Å². The summed E-state index contributed by atoms with van der Waals surface area (Å²) < 4.78 is 5.04. The molecule has 4 rings (SSSR count). The zero-order valence-corrected chi connectivity index (χ0v) is 15.3. The quantitative estimate of drug-likeness (QED) is 0.710. The van der Waals surface area contributed by atoms with Gasteiger partial charge in [0.1, 0.15) is 0 Å². The van der Waals surface area contributed by atoms with Gasteiger partial charge in [0, 0.05) is 23.0 Å². The second-order valence-corrected chi connectivity index (χ2v) is 7.02. The van der Waals surface area contributed by atoms with Gasteiger partial charge in [0.15, 0.2) is 0 Å². The number of nitrogens with zero attached hydrogens (tertiary/aromatic N) is 3. The lowest BCUT2D eigenvalue weighted by Gasteiger charge is -2.14. The van der Waals surface area contributed by atoms with E-state index in [-0.39, 0.29) is 17.8 Å². The molecule has 1 atom stereocenters. The third-order valence-corrected chi connectivity index (χ3v) is 4.74. The first kappa shape index (κ1) is 18.5. The van der Waals surface area contributed by atoms with Crippen LogP contribution in [0.5, 0.6) is 0 Å². The smallest absolute Gasteiger partial charge is 0.251 e. The van der Waals surface area contributed by atoms with Crippen LogP contribution in [-0.4, -0.2) is 44.6 Å². The minimum Gasteiger partial charge on any atom is -0.345 e. The van der Waals surface area contributed by atoms with Gasteiger partial charge in [-0.2, -0.15) is 4.98 Å².